The molecule has 1 heterocycles. The van der Waals surface area contributed by atoms with Gasteiger partial charge in [-0.25, -0.2) is 0 Å². The van der Waals surface area contributed by atoms with E-state index in [4.69, 9.17) is 10.5 Å². The molecule has 6 nitrogen and oxygen atoms in total. The van der Waals surface area contributed by atoms with Gasteiger partial charge in [0.2, 0.25) is 0 Å². The van der Waals surface area contributed by atoms with E-state index in [0.717, 1.165) is 24.3 Å². The highest BCUT2D eigenvalue weighted by molar-refractivity contribution is 5.92. The Balaban J connectivity index is 1.75. The van der Waals surface area contributed by atoms with Crippen LogP contribution in [-0.4, -0.2) is 28.4 Å². The van der Waals surface area contributed by atoms with Gasteiger partial charge in [-0.05, 0) is 56.5 Å². The van der Waals surface area contributed by atoms with Gasteiger partial charge < -0.3 is 15.8 Å². The van der Waals surface area contributed by atoms with Crippen LogP contribution in [0.15, 0.2) is 41.7 Å². The predicted molar refractivity (Wildman–Crippen MR) is 93.8 cm³/mol. The van der Waals surface area contributed by atoms with Crippen molar-refractivity contribution in [3.8, 4) is 5.75 Å². The SMILES string of the molecule is CC(C)Oc1ccc(NC(N)=NCCCc2cnn(C)c2)cc1. The number of nitrogens with two attached hydrogens (primary N) is 1. The normalized spacial score (nSPS) is 11.7. The number of rotatable bonds is 7. The van der Waals surface area contributed by atoms with Crippen molar-refractivity contribution in [2.24, 2.45) is 17.8 Å². The first-order valence-electron chi connectivity index (χ1n) is 7.84. The lowest BCUT2D eigenvalue weighted by Gasteiger charge is -2.10. The summed E-state index contributed by atoms with van der Waals surface area (Å²) in [4.78, 5) is 4.34. The molecule has 0 saturated heterocycles. The Morgan fingerprint density at radius 2 is 2.09 bits per heavy atom. The molecule has 2 rings (SSSR count). The van der Waals surface area contributed by atoms with E-state index in [1.165, 1.54) is 5.56 Å². The summed E-state index contributed by atoms with van der Waals surface area (Å²) in [5.41, 5.74) is 8.01. The summed E-state index contributed by atoms with van der Waals surface area (Å²) >= 11 is 0. The van der Waals surface area contributed by atoms with Crippen LogP contribution in [0.2, 0.25) is 0 Å². The van der Waals surface area contributed by atoms with Crippen LogP contribution in [0, 0.1) is 0 Å². The summed E-state index contributed by atoms with van der Waals surface area (Å²) in [5, 5.41) is 7.23. The van der Waals surface area contributed by atoms with Gasteiger partial charge in [0.25, 0.3) is 0 Å². The van der Waals surface area contributed by atoms with Crippen LogP contribution in [0.5, 0.6) is 5.75 Å². The molecule has 1 aromatic carbocycles. The lowest BCUT2D eigenvalue weighted by Crippen LogP contribution is -2.22. The Bertz CT molecular complexity index is 631. The van der Waals surface area contributed by atoms with Crippen LogP contribution < -0.4 is 15.8 Å². The van der Waals surface area contributed by atoms with Crippen molar-refractivity contribution in [3.63, 3.8) is 0 Å². The van der Waals surface area contributed by atoms with Gasteiger partial charge in [0, 0.05) is 25.5 Å². The van der Waals surface area contributed by atoms with E-state index in [9.17, 15) is 0 Å². The minimum atomic E-state index is 0.167. The molecule has 0 fully saturated rings. The van der Waals surface area contributed by atoms with Gasteiger partial charge >= 0.3 is 0 Å². The average molecular weight is 315 g/mol. The standard InChI is InChI=1S/C17H25N5O/c1-13(2)23-16-8-6-15(7-9-16)21-17(18)19-10-4-5-14-11-20-22(3)12-14/h6-9,11-13H,4-5,10H2,1-3H3,(H3,18,19,21). The molecule has 23 heavy (non-hydrogen) atoms. The summed E-state index contributed by atoms with van der Waals surface area (Å²) in [5.74, 6) is 1.27. The third-order valence-corrected chi connectivity index (χ3v) is 3.16. The number of hydrogen-bond acceptors (Lipinski definition) is 3. The third kappa shape index (κ3) is 6.02. The summed E-state index contributed by atoms with van der Waals surface area (Å²) in [6.45, 7) is 4.69. The van der Waals surface area contributed by atoms with Crippen molar-refractivity contribution >= 4 is 11.6 Å². The second kappa shape index (κ2) is 8.22. The Kier molecular flexibility index (Phi) is 6.02. The van der Waals surface area contributed by atoms with Crippen molar-refractivity contribution in [2.45, 2.75) is 32.8 Å². The first-order chi connectivity index (χ1) is 11.0. The van der Waals surface area contributed by atoms with E-state index in [2.05, 4.69) is 15.4 Å². The molecule has 2 aromatic rings. The average Bonchev–Trinajstić information content (AvgIpc) is 2.91. The minimum Gasteiger partial charge on any atom is -0.491 e. The molecule has 0 atom stereocenters. The molecule has 0 spiro atoms. The number of nitrogens with zero attached hydrogens (tertiary/aromatic N) is 3. The number of aryl methyl sites for hydroxylation is 2. The van der Waals surface area contributed by atoms with Crippen molar-refractivity contribution < 1.29 is 4.74 Å². The van der Waals surface area contributed by atoms with Gasteiger partial charge in [-0.3, -0.25) is 9.67 Å². The minimum absolute atomic E-state index is 0.167. The summed E-state index contributed by atoms with van der Waals surface area (Å²) in [6.07, 6.45) is 5.96. The number of guanidine groups is 1. The maximum Gasteiger partial charge on any atom is 0.193 e. The van der Waals surface area contributed by atoms with Crippen LogP contribution in [0.25, 0.3) is 0 Å². The van der Waals surface area contributed by atoms with Gasteiger partial charge in [0.15, 0.2) is 5.96 Å². The predicted octanol–water partition coefficient (Wildman–Crippen LogP) is 2.57. The molecule has 124 valence electrons. The van der Waals surface area contributed by atoms with E-state index in [-0.39, 0.29) is 6.10 Å². The molecule has 0 radical (unpaired) electrons. The molecule has 0 aliphatic carbocycles. The molecule has 0 aliphatic heterocycles. The zero-order valence-electron chi connectivity index (χ0n) is 14.0. The number of aliphatic imine (C=N–C) groups is 1. The lowest BCUT2D eigenvalue weighted by atomic mass is 10.2. The Hall–Kier alpha value is -2.50. The highest BCUT2D eigenvalue weighted by atomic mass is 16.5. The second-order valence-electron chi connectivity index (χ2n) is 5.71. The van der Waals surface area contributed by atoms with Crippen LogP contribution in [-0.2, 0) is 13.5 Å². The molecule has 3 N–H and O–H groups in total. The zero-order valence-corrected chi connectivity index (χ0v) is 14.0. The number of aromatic nitrogens is 2. The smallest absolute Gasteiger partial charge is 0.193 e. The Morgan fingerprint density at radius 3 is 2.70 bits per heavy atom. The van der Waals surface area contributed by atoms with E-state index in [0.29, 0.717) is 12.5 Å². The molecular weight excluding hydrogens is 290 g/mol. The fourth-order valence-electron chi connectivity index (χ4n) is 2.16. The molecule has 0 unspecified atom stereocenters. The topological polar surface area (TPSA) is 77.5 Å². The van der Waals surface area contributed by atoms with Crippen LogP contribution >= 0.6 is 0 Å². The number of anilines is 1. The summed E-state index contributed by atoms with van der Waals surface area (Å²) in [7, 11) is 1.92. The van der Waals surface area contributed by atoms with Gasteiger partial charge in [-0.15, -0.1) is 0 Å². The highest BCUT2D eigenvalue weighted by Crippen LogP contribution is 2.16. The number of ether oxygens (including phenoxy) is 1. The Labute approximate surface area is 137 Å². The first kappa shape index (κ1) is 16.9. The van der Waals surface area contributed by atoms with Gasteiger partial charge in [0.05, 0.1) is 12.3 Å². The quantitative estimate of drug-likeness (QED) is 0.468. The van der Waals surface area contributed by atoms with Crippen molar-refractivity contribution in [1.29, 1.82) is 0 Å². The molecular formula is C17H25N5O. The number of nitrogens with one attached hydrogen (secondary N) is 1. The third-order valence-electron chi connectivity index (χ3n) is 3.16. The zero-order chi connectivity index (χ0) is 16.7. The van der Waals surface area contributed by atoms with E-state index >= 15 is 0 Å². The van der Waals surface area contributed by atoms with Gasteiger partial charge in [0.1, 0.15) is 5.75 Å². The molecule has 6 heteroatoms. The fourth-order valence-corrected chi connectivity index (χ4v) is 2.16. The molecule has 0 aliphatic rings. The summed E-state index contributed by atoms with van der Waals surface area (Å²) in [6, 6.07) is 7.68. The Morgan fingerprint density at radius 1 is 1.35 bits per heavy atom. The van der Waals surface area contributed by atoms with E-state index in [1.54, 1.807) is 4.68 Å². The monoisotopic (exact) mass is 315 g/mol. The van der Waals surface area contributed by atoms with Crippen molar-refractivity contribution in [2.75, 3.05) is 11.9 Å². The largest absolute Gasteiger partial charge is 0.491 e. The molecule has 1 aromatic heterocycles. The van der Waals surface area contributed by atoms with Gasteiger partial charge in [-0.2, -0.15) is 5.10 Å². The van der Waals surface area contributed by atoms with Crippen molar-refractivity contribution in [1.82, 2.24) is 9.78 Å². The molecule has 0 amide bonds. The summed E-state index contributed by atoms with van der Waals surface area (Å²) < 4.78 is 7.41. The maximum absolute atomic E-state index is 5.90. The number of benzene rings is 1. The lowest BCUT2D eigenvalue weighted by molar-refractivity contribution is 0.242. The first-order valence-corrected chi connectivity index (χ1v) is 7.84. The van der Waals surface area contributed by atoms with Gasteiger partial charge in [-0.1, -0.05) is 0 Å². The molecule has 0 saturated carbocycles. The van der Waals surface area contributed by atoms with Crippen LogP contribution in [0.3, 0.4) is 0 Å². The maximum atomic E-state index is 5.90. The van der Waals surface area contributed by atoms with E-state index in [1.807, 2.05) is 57.6 Å². The number of hydrogen-bond donors (Lipinski definition) is 2. The second-order valence-corrected chi connectivity index (χ2v) is 5.71. The highest BCUT2D eigenvalue weighted by Gasteiger charge is 2.00. The fraction of sp³-hybridized carbons (Fsp3) is 0.412. The van der Waals surface area contributed by atoms with Crippen LogP contribution in [0.1, 0.15) is 25.8 Å². The van der Waals surface area contributed by atoms with Crippen molar-refractivity contribution in [3.05, 3.63) is 42.2 Å². The van der Waals surface area contributed by atoms with Crippen LogP contribution in [0.4, 0.5) is 5.69 Å². The molecule has 0 bridgehead atoms. The van der Waals surface area contributed by atoms with E-state index < -0.39 is 0 Å².